The summed E-state index contributed by atoms with van der Waals surface area (Å²) in [6, 6.07) is 0.632. The second-order valence-electron chi connectivity index (χ2n) is 4.07. The second kappa shape index (κ2) is 7.19. The Labute approximate surface area is 110 Å². The first kappa shape index (κ1) is 13.9. The molecule has 0 aromatic carbocycles. The van der Waals surface area contributed by atoms with E-state index in [4.69, 9.17) is 0 Å². The van der Waals surface area contributed by atoms with Crippen LogP contribution in [0.25, 0.3) is 0 Å². The van der Waals surface area contributed by atoms with Gasteiger partial charge in [-0.25, -0.2) is 0 Å². The van der Waals surface area contributed by atoms with E-state index in [1.807, 2.05) is 0 Å². The highest BCUT2D eigenvalue weighted by molar-refractivity contribution is 9.11. The van der Waals surface area contributed by atoms with E-state index < -0.39 is 0 Å². The quantitative estimate of drug-likeness (QED) is 0.787. The Morgan fingerprint density at radius 1 is 1.38 bits per heavy atom. The summed E-state index contributed by atoms with van der Waals surface area (Å²) in [6.07, 6.45) is 2.37. The van der Waals surface area contributed by atoms with Crippen molar-refractivity contribution in [3.05, 3.63) is 3.92 Å². The molecule has 1 aromatic heterocycles. The third-order valence-electron chi connectivity index (χ3n) is 2.50. The molecule has 0 atom stereocenters. The number of hydrogen-bond donors (Lipinski definition) is 1. The normalized spacial score (nSPS) is 11.4. The average Bonchev–Trinajstić information content (AvgIpc) is 2.63. The Morgan fingerprint density at radius 3 is 2.69 bits per heavy atom. The highest BCUT2D eigenvalue weighted by atomic mass is 79.9. The van der Waals surface area contributed by atoms with Gasteiger partial charge < -0.3 is 10.2 Å². The first-order chi connectivity index (χ1) is 7.59. The summed E-state index contributed by atoms with van der Waals surface area (Å²) in [4.78, 5) is 2.36. The molecule has 0 aliphatic heterocycles. The van der Waals surface area contributed by atoms with Crippen LogP contribution in [0.1, 0.15) is 26.7 Å². The third-order valence-corrected chi connectivity index (χ3v) is 3.81. The minimum absolute atomic E-state index is 0.632. The van der Waals surface area contributed by atoms with E-state index in [-0.39, 0.29) is 0 Å². The van der Waals surface area contributed by atoms with Crippen molar-refractivity contribution in [1.82, 2.24) is 15.1 Å². The van der Waals surface area contributed by atoms with Crippen molar-refractivity contribution in [2.24, 2.45) is 0 Å². The highest BCUT2D eigenvalue weighted by Gasteiger charge is 2.02. The van der Waals surface area contributed by atoms with Crippen molar-refractivity contribution in [1.29, 1.82) is 0 Å². The zero-order valence-electron chi connectivity index (χ0n) is 10.0. The van der Waals surface area contributed by atoms with Gasteiger partial charge in [-0.15, -0.1) is 10.2 Å². The predicted octanol–water partition coefficient (Wildman–Crippen LogP) is 2.83. The minimum atomic E-state index is 0.632. The van der Waals surface area contributed by atoms with Crippen LogP contribution in [0.4, 0.5) is 5.13 Å². The molecule has 0 radical (unpaired) electrons. The van der Waals surface area contributed by atoms with E-state index >= 15 is 0 Å². The van der Waals surface area contributed by atoms with Crippen LogP contribution >= 0.6 is 27.3 Å². The first-order valence-corrected chi connectivity index (χ1v) is 7.13. The van der Waals surface area contributed by atoms with Crippen molar-refractivity contribution in [2.75, 3.05) is 25.5 Å². The molecule has 0 aliphatic carbocycles. The van der Waals surface area contributed by atoms with E-state index in [0.29, 0.717) is 6.04 Å². The lowest BCUT2D eigenvalue weighted by molar-refractivity contribution is 0.269. The van der Waals surface area contributed by atoms with Crippen LogP contribution in [-0.4, -0.2) is 41.3 Å². The fourth-order valence-electron chi connectivity index (χ4n) is 1.22. The minimum Gasteiger partial charge on any atom is -0.360 e. The van der Waals surface area contributed by atoms with Gasteiger partial charge in [0.1, 0.15) is 0 Å². The maximum atomic E-state index is 3.98. The average molecular weight is 307 g/mol. The SMILES string of the molecule is CC(C)N(C)CCCCNc1nnc(Br)s1. The molecule has 0 spiro atoms. The molecule has 1 rings (SSSR count). The van der Waals surface area contributed by atoms with Crippen LogP contribution in [0.2, 0.25) is 0 Å². The van der Waals surface area contributed by atoms with Crippen LogP contribution in [0.3, 0.4) is 0 Å². The Balaban J connectivity index is 2.04. The van der Waals surface area contributed by atoms with Crippen molar-refractivity contribution in [2.45, 2.75) is 32.7 Å². The molecule has 0 aliphatic rings. The Kier molecular flexibility index (Phi) is 6.23. The second-order valence-corrected chi connectivity index (χ2v) is 6.32. The Morgan fingerprint density at radius 2 is 2.12 bits per heavy atom. The van der Waals surface area contributed by atoms with Crippen molar-refractivity contribution in [3.8, 4) is 0 Å². The van der Waals surface area contributed by atoms with E-state index in [9.17, 15) is 0 Å². The molecular formula is C10H19BrN4S. The molecule has 1 N–H and O–H groups in total. The topological polar surface area (TPSA) is 41.0 Å². The summed E-state index contributed by atoms with van der Waals surface area (Å²) in [5.41, 5.74) is 0. The number of unbranched alkanes of at least 4 members (excludes halogenated alkanes) is 1. The smallest absolute Gasteiger partial charge is 0.206 e. The van der Waals surface area contributed by atoms with Crippen LogP contribution in [-0.2, 0) is 0 Å². The lowest BCUT2D eigenvalue weighted by Crippen LogP contribution is -2.27. The monoisotopic (exact) mass is 306 g/mol. The van der Waals surface area contributed by atoms with Gasteiger partial charge in [0, 0.05) is 12.6 Å². The van der Waals surface area contributed by atoms with Gasteiger partial charge in [-0.2, -0.15) is 0 Å². The summed E-state index contributed by atoms with van der Waals surface area (Å²) < 4.78 is 0.828. The molecule has 4 nitrogen and oxygen atoms in total. The molecule has 0 saturated carbocycles. The van der Waals surface area contributed by atoms with Crippen LogP contribution in [0, 0.1) is 0 Å². The van der Waals surface area contributed by atoms with Gasteiger partial charge in [0.05, 0.1) is 0 Å². The lowest BCUT2D eigenvalue weighted by atomic mass is 10.2. The Bertz CT molecular complexity index is 303. The van der Waals surface area contributed by atoms with Crippen LogP contribution in [0.15, 0.2) is 3.92 Å². The highest BCUT2D eigenvalue weighted by Crippen LogP contribution is 2.19. The molecule has 0 fully saturated rings. The molecule has 0 amide bonds. The van der Waals surface area contributed by atoms with Gasteiger partial charge in [-0.1, -0.05) is 11.3 Å². The van der Waals surface area contributed by atoms with Gasteiger partial charge in [0.25, 0.3) is 0 Å². The molecule has 6 heteroatoms. The maximum absolute atomic E-state index is 3.98. The van der Waals surface area contributed by atoms with Gasteiger partial charge in [-0.05, 0) is 56.2 Å². The number of nitrogens with zero attached hydrogens (tertiary/aromatic N) is 3. The van der Waals surface area contributed by atoms with E-state index in [0.717, 1.165) is 28.6 Å². The molecule has 1 aromatic rings. The zero-order chi connectivity index (χ0) is 12.0. The molecular weight excluding hydrogens is 288 g/mol. The fraction of sp³-hybridized carbons (Fsp3) is 0.800. The molecule has 0 bridgehead atoms. The van der Waals surface area contributed by atoms with E-state index in [2.05, 4.69) is 57.2 Å². The molecule has 0 unspecified atom stereocenters. The summed E-state index contributed by atoms with van der Waals surface area (Å²) in [5.74, 6) is 0. The number of rotatable bonds is 7. The molecule has 0 saturated heterocycles. The maximum Gasteiger partial charge on any atom is 0.206 e. The first-order valence-electron chi connectivity index (χ1n) is 5.52. The Hall–Kier alpha value is -0.200. The van der Waals surface area contributed by atoms with Crippen molar-refractivity contribution in [3.63, 3.8) is 0 Å². The lowest BCUT2D eigenvalue weighted by Gasteiger charge is -2.20. The predicted molar refractivity (Wildman–Crippen MR) is 73.1 cm³/mol. The van der Waals surface area contributed by atoms with Crippen molar-refractivity contribution >= 4 is 32.4 Å². The fourth-order valence-corrected chi connectivity index (χ4v) is 2.25. The summed E-state index contributed by atoms with van der Waals surface area (Å²) in [7, 11) is 2.17. The molecule has 16 heavy (non-hydrogen) atoms. The molecule has 1 heterocycles. The number of halogens is 1. The number of hydrogen-bond acceptors (Lipinski definition) is 5. The van der Waals surface area contributed by atoms with Crippen LogP contribution in [0.5, 0.6) is 0 Å². The van der Waals surface area contributed by atoms with Gasteiger partial charge in [0.15, 0.2) is 3.92 Å². The third kappa shape index (κ3) is 5.23. The largest absolute Gasteiger partial charge is 0.360 e. The summed E-state index contributed by atoms with van der Waals surface area (Å²) in [6.45, 7) is 6.56. The van der Waals surface area contributed by atoms with Gasteiger partial charge in [0.2, 0.25) is 5.13 Å². The number of nitrogens with one attached hydrogen (secondary N) is 1. The standard InChI is InChI=1S/C10H19BrN4S/c1-8(2)15(3)7-5-4-6-12-10-14-13-9(11)16-10/h8H,4-7H2,1-3H3,(H,12,14). The van der Waals surface area contributed by atoms with Gasteiger partial charge >= 0.3 is 0 Å². The number of anilines is 1. The van der Waals surface area contributed by atoms with Gasteiger partial charge in [-0.3, -0.25) is 0 Å². The van der Waals surface area contributed by atoms with Crippen molar-refractivity contribution < 1.29 is 0 Å². The van der Waals surface area contributed by atoms with E-state index in [1.165, 1.54) is 17.8 Å². The van der Waals surface area contributed by atoms with Crippen LogP contribution < -0.4 is 5.32 Å². The summed E-state index contributed by atoms with van der Waals surface area (Å²) >= 11 is 4.82. The number of aromatic nitrogens is 2. The zero-order valence-corrected chi connectivity index (χ0v) is 12.4. The molecule has 92 valence electrons. The summed E-state index contributed by atoms with van der Waals surface area (Å²) in [5, 5.41) is 12.0. The van der Waals surface area contributed by atoms with E-state index in [1.54, 1.807) is 0 Å².